The van der Waals surface area contributed by atoms with Crippen LogP contribution in [0.4, 0.5) is 0 Å². The van der Waals surface area contributed by atoms with Gasteiger partial charge in [0.15, 0.2) is 0 Å². The molecule has 0 bridgehead atoms. The number of rotatable bonds is 7. The molecule has 122 valence electrons. The molecule has 0 spiro atoms. The molecule has 2 rings (SSSR count). The lowest BCUT2D eigenvalue weighted by Crippen LogP contribution is -2.39. The average Bonchev–Trinajstić information content (AvgIpc) is 2.59. The first-order valence-electron chi connectivity index (χ1n) is 8.52. The van der Waals surface area contributed by atoms with E-state index in [0.29, 0.717) is 0 Å². The SMILES string of the molecule is CCC[C@H](/C=C\[Si](C)(C)c1ccccc1)[C@H](O)c1ccccc1. The molecule has 0 saturated heterocycles. The molecule has 1 nitrogen and oxygen atoms in total. The van der Waals surface area contributed by atoms with Gasteiger partial charge in [-0.1, -0.05) is 104 Å². The molecule has 0 radical (unpaired) electrons. The predicted octanol–water partition coefficient (Wildman–Crippen LogP) is 4.85. The maximum absolute atomic E-state index is 10.7. The fraction of sp³-hybridized carbons (Fsp3) is 0.333. The molecule has 0 amide bonds. The summed E-state index contributed by atoms with van der Waals surface area (Å²) in [5.41, 5.74) is 3.39. The summed E-state index contributed by atoms with van der Waals surface area (Å²) in [6.07, 6.45) is 3.92. The van der Waals surface area contributed by atoms with Gasteiger partial charge < -0.3 is 5.11 Å². The minimum atomic E-state index is -1.61. The highest BCUT2D eigenvalue weighted by Gasteiger charge is 2.22. The second-order valence-corrected chi connectivity index (χ2v) is 11.1. The van der Waals surface area contributed by atoms with E-state index >= 15 is 0 Å². The summed E-state index contributed by atoms with van der Waals surface area (Å²) >= 11 is 0. The van der Waals surface area contributed by atoms with Crippen LogP contribution in [-0.4, -0.2) is 13.2 Å². The van der Waals surface area contributed by atoms with Crippen molar-refractivity contribution in [2.45, 2.75) is 39.0 Å². The highest BCUT2D eigenvalue weighted by Crippen LogP contribution is 2.27. The van der Waals surface area contributed by atoms with Crippen LogP contribution in [0, 0.1) is 5.92 Å². The van der Waals surface area contributed by atoms with Crippen molar-refractivity contribution in [3.63, 3.8) is 0 Å². The van der Waals surface area contributed by atoms with Gasteiger partial charge in [-0.05, 0) is 12.0 Å². The molecule has 0 aliphatic heterocycles. The molecule has 23 heavy (non-hydrogen) atoms. The van der Waals surface area contributed by atoms with Crippen LogP contribution in [0.1, 0.15) is 31.4 Å². The van der Waals surface area contributed by atoms with Crippen molar-refractivity contribution < 1.29 is 5.11 Å². The van der Waals surface area contributed by atoms with Crippen LogP contribution in [0.2, 0.25) is 13.1 Å². The number of hydrogen-bond acceptors (Lipinski definition) is 1. The van der Waals surface area contributed by atoms with Gasteiger partial charge in [0, 0.05) is 5.92 Å². The Morgan fingerprint density at radius 3 is 2.09 bits per heavy atom. The van der Waals surface area contributed by atoms with E-state index in [1.165, 1.54) is 5.19 Å². The van der Waals surface area contributed by atoms with Crippen molar-refractivity contribution in [1.82, 2.24) is 0 Å². The molecule has 0 saturated carbocycles. The van der Waals surface area contributed by atoms with Gasteiger partial charge in [0.25, 0.3) is 0 Å². The molecule has 2 atom stereocenters. The van der Waals surface area contributed by atoms with E-state index < -0.39 is 14.2 Å². The highest BCUT2D eigenvalue weighted by molar-refractivity contribution is 6.93. The lowest BCUT2D eigenvalue weighted by molar-refractivity contribution is 0.126. The molecule has 0 aliphatic rings. The minimum absolute atomic E-state index is 0.179. The van der Waals surface area contributed by atoms with E-state index in [9.17, 15) is 5.11 Å². The predicted molar refractivity (Wildman–Crippen MR) is 102 cm³/mol. The van der Waals surface area contributed by atoms with Crippen LogP contribution in [0.3, 0.4) is 0 Å². The van der Waals surface area contributed by atoms with E-state index in [1.54, 1.807) is 0 Å². The van der Waals surface area contributed by atoms with Crippen molar-refractivity contribution in [1.29, 1.82) is 0 Å². The van der Waals surface area contributed by atoms with Gasteiger partial charge in [0.1, 0.15) is 8.07 Å². The molecule has 0 aliphatic carbocycles. The number of benzene rings is 2. The molecule has 2 aromatic carbocycles. The first kappa shape index (κ1) is 17.7. The minimum Gasteiger partial charge on any atom is -0.388 e. The van der Waals surface area contributed by atoms with Crippen molar-refractivity contribution in [3.05, 3.63) is 78.0 Å². The first-order valence-corrected chi connectivity index (χ1v) is 11.6. The van der Waals surface area contributed by atoms with E-state index in [4.69, 9.17) is 0 Å². The molecule has 0 fully saturated rings. The van der Waals surface area contributed by atoms with E-state index in [1.807, 2.05) is 30.3 Å². The Balaban J connectivity index is 2.18. The zero-order valence-electron chi connectivity index (χ0n) is 14.4. The molecule has 2 heteroatoms. The monoisotopic (exact) mass is 324 g/mol. The molecule has 2 aromatic rings. The third-order valence-corrected chi connectivity index (χ3v) is 7.29. The van der Waals surface area contributed by atoms with Gasteiger partial charge in [0.05, 0.1) is 6.10 Å². The van der Waals surface area contributed by atoms with Crippen molar-refractivity contribution in [2.75, 3.05) is 0 Å². The smallest absolute Gasteiger partial charge is 0.103 e. The Kier molecular flexibility index (Phi) is 6.37. The zero-order chi connectivity index (χ0) is 16.7. The van der Waals surface area contributed by atoms with E-state index in [0.717, 1.165) is 18.4 Å². The van der Waals surface area contributed by atoms with Gasteiger partial charge in [-0.15, -0.1) is 0 Å². The maximum Gasteiger partial charge on any atom is 0.103 e. The summed E-state index contributed by atoms with van der Waals surface area (Å²) in [6.45, 7) is 6.89. The van der Waals surface area contributed by atoms with Crippen LogP contribution in [0.5, 0.6) is 0 Å². The van der Waals surface area contributed by atoms with Crippen LogP contribution < -0.4 is 5.19 Å². The largest absolute Gasteiger partial charge is 0.388 e. The number of aliphatic hydroxyl groups is 1. The molecule has 0 heterocycles. The number of hydrogen-bond donors (Lipinski definition) is 1. The highest BCUT2D eigenvalue weighted by atomic mass is 28.3. The summed E-state index contributed by atoms with van der Waals surface area (Å²) < 4.78 is 0. The van der Waals surface area contributed by atoms with Gasteiger partial charge in [0.2, 0.25) is 0 Å². The Bertz CT molecular complexity index is 604. The van der Waals surface area contributed by atoms with E-state index in [-0.39, 0.29) is 5.92 Å². The van der Waals surface area contributed by atoms with Crippen molar-refractivity contribution in [3.8, 4) is 0 Å². The molecule has 1 N–H and O–H groups in total. The molecule has 0 aromatic heterocycles. The van der Waals surface area contributed by atoms with E-state index in [2.05, 4.69) is 62.1 Å². The van der Waals surface area contributed by atoms with Gasteiger partial charge >= 0.3 is 0 Å². The first-order chi connectivity index (χ1) is 11.0. The second-order valence-electron chi connectivity index (χ2n) is 6.75. The summed E-state index contributed by atoms with van der Waals surface area (Å²) in [4.78, 5) is 0. The van der Waals surface area contributed by atoms with Crippen LogP contribution in [-0.2, 0) is 0 Å². The Morgan fingerprint density at radius 2 is 1.52 bits per heavy atom. The summed E-state index contributed by atoms with van der Waals surface area (Å²) in [5.74, 6) is 0.179. The fourth-order valence-electron chi connectivity index (χ4n) is 2.92. The third kappa shape index (κ3) is 4.92. The molecule has 0 unspecified atom stereocenters. The normalized spacial score (nSPS) is 14.8. The van der Waals surface area contributed by atoms with Crippen molar-refractivity contribution >= 4 is 13.3 Å². The standard InChI is InChI=1S/C21H28OSi/c1-4-11-18(21(22)19-12-7-5-8-13-19)16-17-23(2,3)20-14-9-6-10-15-20/h5-10,12-18,21-22H,4,11H2,1-3H3/b17-16-/t18-,21+/m1/s1. The Hall–Kier alpha value is -1.64. The lowest BCUT2D eigenvalue weighted by atomic mass is 9.92. The molecular weight excluding hydrogens is 296 g/mol. The zero-order valence-corrected chi connectivity index (χ0v) is 15.4. The van der Waals surface area contributed by atoms with Gasteiger partial charge in [-0.25, -0.2) is 0 Å². The van der Waals surface area contributed by atoms with Crippen LogP contribution in [0.25, 0.3) is 0 Å². The fourth-order valence-corrected chi connectivity index (χ4v) is 4.89. The maximum atomic E-state index is 10.7. The van der Waals surface area contributed by atoms with Crippen molar-refractivity contribution in [2.24, 2.45) is 5.92 Å². The Labute approximate surface area is 141 Å². The average molecular weight is 325 g/mol. The summed E-state index contributed by atoms with van der Waals surface area (Å²) in [6, 6.07) is 20.7. The summed E-state index contributed by atoms with van der Waals surface area (Å²) in [7, 11) is -1.61. The third-order valence-electron chi connectivity index (χ3n) is 4.45. The van der Waals surface area contributed by atoms with Crippen LogP contribution in [0.15, 0.2) is 72.4 Å². The van der Waals surface area contributed by atoms with Gasteiger partial charge in [-0.3, -0.25) is 0 Å². The topological polar surface area (TPSA) is 20.2 Å². The van der Waals surface area contributed by atoms with Gasteiger partial charge in [-0.2, -0.15) is 0 Å². The second kappa shape index (κ2) is 8.28. The van der Waals surface area contributed by atoms with Crippen LogP contribution >= 0.6 is 0 Å². The lowest BCUT2D eigenvalue weighted by Gasteiger charge is -2.23. The summed E-state index contributed by atoms with van der Waals surface area (Å²) in [5, 5.41) is 12.2. The molecular formula is C21H28OSi. The Morgan fingerprint density at radius 1 is 0.957 bits per heavy atom. The quantitative estimate of drug-likeness (QED) is 0.722. The number of aliphatic hydroxyl groups excluding tert-OH is 1.